The summed E-state index contributed by atoms with van der Waals surface area (Å²) in [6, 6.07) is 33.4. The van der Waals surface area contributed by atoms with Crippen molar-refractivity contribution in [3.8, 4) is 44.8 Å². The van der Waals surface area contributed by atoms with Crippen molar-refractivity contribution < 1.29 is 65.2 Å². The Balaban J connectivity index is 0.000000171. The zero-order chi connectivity index (χ0) is 81.0. The molecule has 0 unspecified atom stereocenters. The summed E-state index contributed by atoms with van der Waals surface area (Å²) in [5, 5.41) is 15.7. The summed E-state index contributed by atoms with van der Waals surface area (Å²) in [5.74, 6) is 0.860. The highest BCUT2D eigenvalue weighted by Crippen LogP contribution is 2.35. The van der Waals surface area contributed by atoms with Crippen molar-refractivity contribution in [3.05, 3.63) is 260 Å². The smallest absolute Gasteiger partial charge is 0.226 e. The number of anilines is 4. The second kappa shape index (κ2) is 38.6. The highest BCUT2D eigenvalue weighted by atomic mass is 35.5. The molecule has 12 rings (SSSR count). The van der Waals surface area contributed by atoms with Gasteiger partial charge in [0.05, 0.1) is 46.2 Å². The summed E-state index contributed by atoms with van der Waals surface area (Å²) in [7, 11) is 6.65. The molecule has 0 aliphatic rings. The van der Waals surface area contributed by atoms with E-state index in [2.05, 4.69) is 40.6 Å². The first kappa shape index (κ1) is 83.4. The summed E-state index contributed by atoms with van der Waals surface area (Å²) in [5.41, 5.74) is 11.5. The van der Waals surface area contributed by atoms with Gasteiger partial charge in [0, 0.05) is 194 Å². The Morgan fingerprint density at radius 1 is 0.339 bits per heavy atom. The molecule has 0 N–H and O–H groups in total. The first-order valence-corrected chi connectivity index (χ1v) is 36.2. The number of amides is 4. The maximum absolute atomic E-state index is 14.6. The largest absolute Gasteiger partial charge is 0.361 e. The molecule has 8 aromatic heterocycles. The van der Waals surface area contributed by atoms with Gasteiger partial charge < -0.3 is 37.7 Å². The maximum atomic E-state index is 14.6. The molecule has 0 aliphatic carbocycles. The van der Waals surface area contributed by atoms with E-state index in [-0.39, 0.29) is 78.1 Å². The van der Waals surface area contributed by atoms with Gasteiger partial charge in [-0.3, -0.25) is 58.3 Å². The Bertz CT molecular complexity index is 4710. The second-order valence-electron chi connectivity index (χ2n) is 25.6. The fourth-order valence-electron chi connectivity index (χ4n) is 11.2. The number of carbonyl (C=O) groups is 8. The number of pyridine rings is 4. The summed E-state index contributed by atoms with van der Waals surface area (Å²) < 4.78 is 49.0. The molecule has 0 saturated heterocycles. The molecule has 0 atom stereocenters. The lowest BCUT2D eigenvalue weighted by atomic mass is 10.0. The number of halogens is 4. The number of benzene rings is 4. The van der Waals surface area contributed by atoms with E-state index in [1.165, 1.54) is 52.9 Å². The lowest BCUT2D eigenvalue weighted by Gasteiger charge is -2.17. The summed E-state index contributed by atoms with van der Waals surface area (Å²) in [6.07, 6.45) is 14.4. The minimum Gasteiger partial charge on any atom is -0.361 e. The first-order chi connectivity index (χ1) is 53.6. The predicted molar refractivity (Wildman–Crippen MR) is 421 cm³/mol. The predicted octanol–water partition coefficient (Wildman–Crippen LogP) is 17.0. The van der Waals surface area contributed by atoms with E-state index in [4.69, 9.17) is 41.3 Å². The fourth-order valence-corrected chi connectivity index (χ4v) is 11.7. The average molecular weight is 1560 g/mol. The van der Waals surface area contributed by atoms with Crippen LogP contribution in [0, 0.1) is 39.3 Å². The highest BCUT2D eigenvalue weighted by Gasteiger charge is 2.22. The van der Waals surface area contributed by atoms with Crippen molar-refractivity contribution in [2.75, 3.05) is 47.8 Å². The Morgan fingerprint density at radius 2 is 0.643 bits per heavy atom. The number of carbonyl (C=O) groups excluding carboxylic acids is 8. The Kier molecular flexibility index (Phi) is 28.7. The van der Waals surface area contributed by atoms with Crippen molar-refractivity contribution in [1.82, 2.24) is 40.6 Å². The molecule has 24 nitrogen and oxygen atoms in total. The van der Waals surface area contributed by atoms with Crippen LogP contribution in [0.4, 0.5) is 31.5 Å². The summed E-state index contributed by atoms with van der Waals surface area (Å²) >= 11 is 12.8. The third kappa shape index (κ3) is 21.0. The van der Waals surface area contributed by atoms with Gasteiger partial charge in [0.2, 0.25) is 23.6 Å². The number of hydrogen-bond donors (Lipinski definition) is 0. The minimum absolute atomic E-state index is 0.00728. The number of Topliss-reactive ketones (excluding diaryl/α,β-unsaturated/α-hetero) is 4. The SMILES string of the molecule is CCC(=O)N(C)c1ccc(-c2ccc(C(=O)Cc3cnoc3C)cn2)c(Cl)c1.CCC(=O)N(C)c1ccc(-c2ccc(C(=O)Cc3cnoc3C)cn2)c(F)c1.CCC(=O)N(C)c1ccc(-c2ccc(C(=O)Cc3cnoc3C)nc2)c(Cl)c1.CCC(=O)N(C)c1ccc(-c2ccc(C(=O)Cc3cnoc3C)nc2)c(F)c1. The van der Waals surface area contributed by atoms with Crippen LogP contribution < -0.4 is 19.6 Å². The quantitative estimate of drug-likeness (QED) is 0.0507. The number of rotatable bonds is 24. The molecule has 0 fully saturated rings. The molecule has 12 aromatic rings. The van der Waals surface area contributed by atoms with Gasteiger partial charge in [-0.05, 0) is 131 Å². The van der Waals surface area contributed by atoms with Crippen molar-refractivity contribution in [3.63, 3.8) is 0 Å². The topological polar surface area (TPSA) is 305 Å². The monoisotopic (exact) mass is 1560 g/mol. The zero-order valence-corrected chi connectivity index (χ0v) is 65.1. The molecule has 28 heteroatoms. The molecule has 0 aliphatic heterocycles. The fraction of sp³-hybridized carbons (Fsp3) is 0.238. The Labute approximate surface area is 654 Å². The van der Waals surface area contributed by atoms with E-state index in [1.54, 1.807) is 177 Å². The first-order valence-electron chi connectivity index (χ1n) is 35.4. The minimum atomic E-state index is -0.486. The standard InChI is InChI=1S/2C21H20ClN3O3.2C21H20FN3O3/c1-4-21(27)25(3)16-6-7-17(18(22)10-16)19-8-5-14(11-23-19)20(26)9-15-12-24-28-13(15)2;1-4-21(27)25(3)16-6-7-17(18(22)10-16)14-5-8-19(23-11-14)20(26)9-15-12-24-28-13(15)2;1-4-21(27)25(3)16-6-7-17(18(22)10-16)19-8-5-14(11-23-19)20(26)9-15-12-24-28-13(15)2;1-4-21(27)25(3)16-6-7-17(18(22)10-16)14-5-8-19(23-11-14)20(26)9-15-12-24-28-13(15)2/h4*5-8,10-12H,4,9H2,1-3H3. The van der Waals surface area contributed by atoms with Crippen LogP contribution in [0.15, 0.2) is 189 Å². The molecule has 576 valence electrons. The maximum Gasteiger partial charge on any atom is 0.226 e. The van der Waals surface area contributed by atoms with E-state index in [9.17, 15) is 47.1 Å². The van der Waals surface area contributed by atoms with Crippen LogP contribution in [0.3, 0.4) is 0 Å². The summed E-state index contributed by atoms with van der Waals surface area (Å²) in [6.45, 7) is 14.2. The second-order valence-corrected chi connectivity index (χ2v) is 26.5. The van der Waals surface area contributed by atoms with Crippen LogP contribution in [0.5, 0.6) is 0 Å². The lowest BCUT2D eigenvalue weighted by molar-refractivity contribution is -0.118. The van der Waals surface area contributed by atoms with Crippen LogP contribution in [-0.2, 0) is 44.9 Å². The number of aromatic nitrogens is 8. The highest BCUT2D eigenvalue weighted by molar-refractivity contribution is 6.34. The lowest BCUT2D eigenvalue weighted by Crippen LogP contribution is -2.25. The number of nitrogens with zero attached hydrogens (tertiary/aromatic N) is 12. The van der Waals surface area contributed by atoms with Crippen LogP contribution in [0.2, 0.25) is 10.0 Å². The molecule has 0 radical (unpaired) electrons. The van der Waals surface area contributed by atoms with Gasteiger partial charge in [0.25, 0.3) is 0 Å². The molecule has 0 bridgehead atoms. The Morgan fingerprint density at radius 3 is 0.929 bits per heavy atom. The van der Waals surface area contributed by atoms with Gasteiger partial charge in [0.15, 0.2) is 23.1 Å². The van der Waals surface area contributed by atoms with Crippen molar-refractivity contribution >= 4 is 92.7 Å². The average Bonchev–Trinajstić information content (AvgIpc) is 0.999. The molecule has 0 saturated carbocycles. The Hall–Kier alpha value is -12.7. The third-order valence-electron chi connectivity index (χ3n) is 18.3. The van der Waals surface area contributed by atoms with Gasteiger partial charge in [-0.15, -0.1) is 0 Å². The van der Waals surface area contributed by atoms with Gasteiger partial charge in [-0.1, -0.05) is 89.7 Å². The van der Waals surface area contributed by atoms with E-state index in [1.807, 2.05) is 44.2 Å². The molecule has 4 aromatic carbocycles. The molecular weight excluding hydrogens is 1480 g/mol. The molecular formula is C84H80Cl2F2N12O12. The third-order valence-corrected chi connectivity index (χ3v) is 18.9. The van der Waals surface area contributed by atoms with Gasteiger partial charge in [-0.25, -0.2) is 8.78 Å². The van der Waals surface area contributed by atoms with Crippen LogP contribution >= 0.6 is 23.2 Å². The van der Waals surface area contributed by atoms with Crippen LogP contribution in [0.1, 0.15) is 140 Å². The molecule has 4 amide bonds. The van der Waals surface area contributed by atoms with Crippen molar-refractivity contribution in [1.29, 1.82) is 0 Å². The van der Waals surface area contributed by atoms with Crippen LogP contribution in [0.25, 0.3) is 44.8 Å². The normalized spacial score (nSPS) is 10.7. The zero-order valence-electron chi connectivity index (χ0n) is 63.6. The van der Waals surface area contributed by atoms with Crippen molar-refractivity contribution in [2.24, 2.45) is 0 Å². The van der Waals surface area contributed by atoms with E-state index < -0.39 is 11.6 Å². The van der Waals surface area contributed by atoms with Crippen molar-refractivity contribution in [2.45, 2.75) is 107 Å². The number of ketones is 4. The number of aryl methyl sites for hydroxylation is 4. The van der Waals surface area contributed by atoms with E-state index >= 15 is 0 Å². The van der Waals surface area contributed by atoms with Crippen LogP contribution in [-0.4, -0.2) is 116 Å². The van der Waals surface area contributed by atoms with Gasteiger partial charge in [0.1, 0.15) is 46.1 Å². The molecule has 0 spiro atoms. The molecule has 8 heterocycles. The molecule has 112 heavy (non-hydrogen) atoms. The van der Waals surface area contributed by atoms with E-state index in [0.29, 0.717) is 121 Å². The summed E-state index contributed by atoms with van der Waals surface area (Å²) in [4.78, 5) is 120. The number of hydrogen-bond acceptors (Lipinski definition) is 20. The van der Waals surface area contributed by atoms with E-state index in [0.717, 1.165) is 44.8 Å². The van der Waals surface area contributed by atoms with Gasteiger partial charge in [-0.2, -0.15) is 0 Å². The van der Waals surface area contributed by atoms with Gasteiger partial charge >= 0.3 is 0 Å².